The number of imidazole rings is 1. The van der Waals surface area contributed by atoms with Gasteiger partial charge in [-0.3, -0.25) is 4.90 Å². The Kier molecular flexibility index (Phi) is 6.77. The number of hydrogen-bond donors (Lipinski definition) is 1. The molecular weight excluding hydrogens is 418 g/mol. The molecule has 33 heavy (non-hydrogen) atoms. The Morgan fingerprint density at radius 2 is 1.82 bits per heavy atom. The molecule has 1 fully saturated rings. The van der Waals surface area contributed by atoms with Gasteiger partial charge in [-0.05, 0) is 29.7 Å². The van der Waals surface area contributed by atoms with Crippen LogP contribution >= 0.6 is 0 Å². The number of nitriles is 1. The molecule has 9 nitrogen and oxygen atoms in total. The first-order valence-corrected chi connectivity index (χ1v) is 11.3. The molecule has 2 aromatic heterocycles. The fourth-order valence-corrected chi connectivity index (χ4v) is 4.06. The van der Waals surface area contributed by atoms with Crippen molar-refractivity contribution in [3.63, 3.8) is 0 Å². The van der Waals surface area contributed by atoms with Crippen LogP contribution in [0.2, 0.25) is 0 Å². The predicted octanol–water partition coefficient (Wildman–Crippen LogP) is 2.44. The highest BCUT2D eigenvalue weighted by atomic mass is 16.5. The average molecular weight is 450 g/mol. The van der Waals surface area contributed by atoms with Gasteiger partial charge < -0.3 is 19.3 Å². The number of fused-ring (bicyclic) bond motifs is 1. The lowest BCUT2D eigenvalue weighted by Crippen LogP contribution is -2.46. The lowest BCUT2D eigenvalue weighted by atomic mass is 9.97. The molecule has 1 aliphatic rings. The van der Waals surface area contributed by atoms with Crippen LogP contribution in [0.15, 0.2) is 30.5 Å². The van der Waals surface area contributed by atoms with Crippen LogP contribution in [-0.4, -0.2) is 68.9 Å². The summed E-state index contributed by atoms with van der Waals surface area (Å²) in [6.45, 7) is 12.1. The van der Waals surface area contributed by atoms with Crippen LogP contribution < -0.4 is 9.64 Å². The zero-order chi connectivity index (χ0) is 23.4. The molecule has 1 aromatic carbocycles. The highest BCUT2D eigenvalue weighted by molar-refractivity contribution is 5.70. The Bertz CT molecular complexity index is 1120. The van der Waals surface area contributed by atoms with Gasteiger partial charge in [0.1, 0.15) is 29.8 Å². The van der Waals surface area contributed by atoms with Crippen LogP contribution in [0.25, 0.3) is 11.2 Å². The quantitative estimate of drug-likeness (QED) is 0.587. The third-order valence-corrected chi connectivity index (χ3v) is 5.60. The number of ether oxygens (including phenoxy) is 1. The van der Waals surface area contributed by atoms with Crippen molar-refractivity contribution in [1.82, 2.24) is 24.4 Å². The lowest BCUT2D eigenvalue weighted by molar-refractivity contribution is 0.201. The molecule has 4 rings (SSSR count). The van der Waals surface area contributed by atoms with Crippen molar-refractivity contribution in [2.75, 3.05) is 44.3 Å². The zero-order valence-electron chi connectivity index (χ0n) is 19.5. The van der Waals surface area contributed by atoms with Gasteiger partial charge in [0.05, 0.1) is 19.3 Å². The molecule has 1 N–H and O–H groups in total. The summed E-state index contributed by atoms with van der Waals surface area (Å²) in [5.74, 6) is 1.90. The standard InChI is InChI=1S/C24H31N7O2/c1-24(2,3)17-31-22(27-20-15-26-21(14-25)28-23(20)31)16-29-8-10-30(11-9-29)18-4-6-19(7-5-18)33-13-12-32/h4-7,15,32H,8-13,16-17H2,1-3H3. The highest BCUT2D eigenvalue weighted by Gasteiger charge is 2.23. The van der Waals surface area contributed by atoms with E-state index in [4.69, 9.17) is 14.8 Å². The van der Waals surface area contributed by atoms with Crippen molar-refractivity contribution in [2.45, 2.75) is 33.9 Å². The van der Waals surface area contributed by atoms with E-state index >= 15 is 0 Å². The molecule has 0 bridgehead atoms. The molecule has 0 atom stereocenters. The number of benzene rings is 1. The molecule has 3 aromatic rings. The Labute approximate surface area is 194 Å². The van der Waals surface area contributed by atoms with E-state index in [1.807, 2.05) is 18.2 Å². The SMILES string of the molecule is CC(C)(C)Cn1c(CN2CCN(c3ccc(OCCO)cc3)CC2)nc2cnc(C#N)nc21. The second-order valence-corrected chi connectivity index (χ2v) is 9.52. The summed E-state index contributed by atoms with van der Waals surface area (Å²) in [5.41, 5.74) is 2.68. The van der Waals surface area contributed by atoms with E-state index in [-0.39, 0.29) is 17.8 Å². The molecule has 174 valence electrons. The van der Waals surface area contributed by atoms with Gasteiger partial charge in [-0.15, -0.1) is 0 Å². The summed E-state index contributed by atoms with van der Waals surface area (Å²) < 4.78 is 7.60. The topological polar surface area (TPSA) is 103 Å². The van der Waals surface area contributed by atoms with E-state index < -0.39 is 0 Å². The Balaban J connectivity index is 1.45. The molecule has 9 heteroatoms. The molecule has 0 spiro atoms. The number of aliphatic hydroxyl groups excluding tert-OH is 1. The van der Waals surface area contributed by atoms with Crippen molar-refractivity contribution < 1.29 is 9.84 Å². The summed E-state index contributed by atoms with van der Waals surface area (Å²) in [4.78, 5) is 18.1. The van der Waals surface area contributed by atoms with Crippen molar-refractivity contribution in [2.24, 2.45) is 5.41 Å². The number of aliphatic hydroxyl groups is 1. The van der Waals surface area contributed by atoms with Crippen LogP contribution in [0.5, 0.6) is 5.75 Å². The summed E-state index contributed by atoms with van der Waals surface area (Å²) in [7, 11) is 0. The number of piperazine rings is 1. The number of rotatable bonds is 7. The third kappa shape index (κ3) is 5.59. The second-order valence-electron chi connectivity index (χ2n) is 9.52. The third-order valence-electron chi connectivity index (χ3n) is 5.60. The molecule has 3 heterocycles. The Hall–Kier alpha value is -3.22. The minimum Gasteiger partial charge on any atom is -0.491 e. The molecule has 1 saturated heterocycles. The van der Waals surface area contributed by atoms with E-state index in [0.29, 0.717) is 6.61 Å². The van der Waals surface area contributed by atoms with Gasteiger partial charge in [0.2, 0.25) is 5.82 Å². The average Bonchev–Trinajstić information content (AvgIpc) is 3.13. The largest absolute Gasteiger partial charge is 0.491 e. The summed E-state index contributed by atoms with van der Waals surface area (Å²) in [6.07, 6.45) is 1.65. The number of hydrogen-bond acceptors (Lipinski definition) is 8. The number of nitrogens with zero attached hydrogens (tertiary/aromatic N) is 7. The summed E-state index contributed by atoms with van der Waals surface area (Å²) in [6, 6.07) is 10.1. The number of aromatic nitrogens is 4. The van der Waals surface area contributed by atoms with Crippen molar-refractivity contribution in [3.05, 3.63) is 42.1 Å². The maximum Gasteiger partial charge on any atom is 0.234 e. The van der Waals surface area contributed by atoms with Gasteiger partial charge in [-0.25, -0.2) is 9.97 Å². The van der Waals surface area contributed by atoms with Gasteiger partial charge in [0.25, 0.3) is 0 Å². The van der Waals surface area contributed by atoms with Gasteiger partial charge >= 0.3 is 0 Å². The van der Waals surface area contributed by atoms with Crippen LogP contribution in [0.3, 0.4) is 0 Å². The van der Waals surface area contributed by atoms with E-state index in [1.165, 1.54) is 5.69 Å². The van der Waals surface area contributed by atoms with Crippen LogP contribution in [0.1, 0.15) is 32.4 Å². The molecular formula is C24H31N7O2. The van der Waals surface area contributed by atoms with Crippen LogP contribution in [0, 0.1) is 16.7 Å². The van der Waals surface area contributed by atoms with E-state index in [9.17, 15) is 5.26 Å². The molecule has 0 aliphatic carbocycles. The van der Waals surface area contributed by atoms with Gasteiger partial charge in [-0.2, -0.15) is 10.2 Å². The van der Waals surface area contributed by atoms with Crippen LogP contribution in [-0.2, 0) is 13.1 Å². The minimum atomic E-state index is 0.0132. The van der Waals surface area contributed by atoms with E-state index in [2.05, 4.69) is 57.2 Å². The maximum absolute atomic E-state index is 9.23. The molecule has 0 saturated carbocycles. The van der Waals surface area contributed by atoms with Crippen molar-refractivity contribution in [1.29, 1.82) is 5.26 Å². The first-order valence-electron chi connectivity index (χ1n) is 11.3. The summed E-state index contributed by atoms with van der Waals surface area (Å²) in [5, 5.41) is 18.1. The molecule has 0 amide bonds. The van der Waals surface area contributed by atoms with E-state index in [0.717, 1.165) is 62.0 Å². The monoisotopic (exact) mass is 449 g/mol. The smallest absolute Gasteiger partial charge is 0.234 e. The Morgan fingerprint density at radius 1 is 1.09 bits per heavy atom. The fourth-order valence-electron chi connectivity index (χ4n) is 4.06. The number of anilines is 1. The molecule has 0 unspecified atom stereocenters. The molecule has 0 radical (unpaired) electrons. The van der Waals surface area contributed by atoms with Crippen LogP contribution in [0.4, 0.5) is 5.69 Å². The second kappa shape index (κ2) is 9.73. The normalized spacial score (nSPS) is 15.1. The van der Waals surface area contributed by atoms with Gasteiger partial charge in [0, 0.05) is 38.4 Å². The first-order chi connectivity index (χ1) is 15.9. The first kappa shape index (κ1) is 23.0. The fraction of sp³-hybridized carbons (Fsp3) is 0.500. The lowest BCUT2D eigenvalue weighted by Gasteiger charge is -2.36. The Morgan fingerprint density at radius 3 is 2.45 bits per heavy atom. The minimum absolute atomic E-state index is 0.0132. The van der Waals surface area contributed by atoms with Crippen molar-refractivity contribution in [3.8, 4) is 11.8 Å². The zero-order valence-corrected chi connectivity index (χ0v) is 19.5. The van der Waals surface area contributed by atoms with Gasteiger partial charge in [0.15, 0.2) is 5.65 Å². The predicted molar refractivity (Wildman–Crippen MR) is 126 cm³/mol. The van der Waals surface area contributed by atoms with E-state index in [1.54, 1.807) is 6.20 Å². The summed E-state index contributed by atoms with van der Waals surface area (Å²) >= 11 is 0. The highest BCUT2D eigenvalue weighted by Crippen LogP contribution is 2.24. The maximum atomic E-state index is 9.23. The van der Waals surface area contributed by atoms with Gasteiger partial charge in [-0.1, -0.05) is 20.8 Å². The molecule has 1 aliphatic heterocycles. The van der Waals surface area contributed by atoms with Crippen molar-refractivity contribution >= 4 is 16.9 Å².